The molecule has 1 amide bonds. The highest BCUT2D eigenvalue weighted by atomic mass is 32.1. The topological polar surface area (TPSA) is 98.5 Å². The number of hydrogen-bond donors (Lipinski definition) is 1. The van der Waals surface area contributed by atoms with Crippen molar-refractivity contribution < 1.29 is 19.2 Å². The molecule has 1 aromatic heterocycles. The Morgan fingerprint density at radius 1 is 1.33 bits per heavy atom. The molecule has 108 valence electrons. The fourth-order valence-electron chi connectivity index (χ4n) is 1.61. The molecule has 2 rings (SSSR count). The molecule has 0 fully saturated rings. The summed E-state index contributed by atoms with van der Waals surface area (Å²) in [6, 6.07) is 6.89. The molecular weight excluding hydrogens is 296 g/mol. The molecule has 0 spiro atoms. The number of thiophene rings is 1. The molecule has 0 radical (unpaired) electrons. The summed E-state index contributed by atoms with van der Waals surface area (Å²) in [6.07, 6.45) is 0. The zero-order valence-electron chi connectivity index (χ0n) is 10.9. The number of amides is 1. The van der Waals surface area contributed by atoms with Gasteiger partial charge in [0.2, 0.25) is 0 Å². The van der Waals surface area contributed by atoms with Crippen molar-refractivity contribution in [2.24, 2.45) is 0 Å². The van der Waals surface area contributed by atoms with E-state index in [-0.39, 0.29) is 16.1 Å². The van der Waals surface area contributed by atoms with Gasteiger partial charge in [0.1, 0.15) is 4.88 Å². The maximum absolute atomic E-state index is 12.1. The number of carbonyl (C=O) groups is 2. The standard InChI is InChI=1S/C13H10N2O5S/c1-20-13(17)11-10(5-6-21-11)14-12(16)8-3-2-4-9(7-8)15(18)19/h2-7H,1H3,(H,14,16). The van der Waals surface area contributed by atoms with E-state index in [0.29, 0.717) is 5.69 Å². The normalized spacial score (nSPS) is 9.95. The molecule has 1 aromatic carbocycles. The smallest absolute Gasteiger partial charge is 0.350 e. The predicted molar refractivity (Wildman–Crippen MR) is 76.7 cm³/mol. The van der Waals surface area contributed by atoms with Crippen LogP contribution in [0.4, 0.5) is 11.4 Å². The van der Waals surface area contributed by atoms with Crippen LogP contribution in [-0.2, 0) is 4.74 Å². The first-order valence-corrected chi connectivity index (χ1v) is 6.62. The summed E-state index contributed by atoms with van der Waals surface area (Å²) >= 11 is 1.13. The van der Waals surface area contributed by atoms with Crippen LogP contribution in [0.1, 0.15) is 20.0 Å². The molecule has 1 N–H and O–H groups in total. The van der Waals surface area contributed by atoms with Crippen LogP contribution in [0.5, 0.6) is 0 Å². The number of nitro benzene ring substituents is 1. The molecule has 0 aliphatic rings. The van der Waals surface area contributed by atoms with Crippen LogP contribution in [0.2, 0.25) is 0 Å². The summed E-state index contributed by atoms with van der Waals surface area (Å²) < 4.78 is 4.60. The van der Waals surface area contributed by atoms with Crippen LogP contribution < -0.4 is 5.32 Å². The maximum atomic E-state index is 12.1. The van der Waals surface area contributed by atoms with Crippen molar-refractivity contribution >= 4 is 34.6 Å². The Morgan fingerprint density at radius 2 is 2.10 bits per heavy atom. The predicted octanol–water partition coefficient (Wildman–Crippen LogP) is 2.70. The fourth-order valence-corrected chi connectivity index (χ4v) is 2.38. The molecule has 0 saturated carbocycles. The van der Waals surface area contributed by atoms with Gasteiger partial charge in [0, 0.05) is 17.7 Å². The zero-order valence-corrected chi connectivity index (χ0v) is 11.7. The Kier molecular flexibility index (Phi) is 4.29. The minimum atomic E-state index is -0.582. The molecule has 0 aliphatic carbocycles. The Hall–Kier alpha value is -2.74. The number of non-ortho nitro benzene ring substituents is 1. The van der Waals surface area contributed by atoms with Gasteiger partial charge in [-0.25, -0.2) is 4.79 Å². The van der Waals surface area contributed by atoms with Crippen LogP contribution in [0.25, 0.3) is 0 Å². The highest BCUT2D eigenvalue weighted by Gasteiger charge is 2.17. The molecule has 0 saturated heterocycles. The van der Waals surface area contributed by atoms with Crippen molar-refractivity contribution in [3.05, 3.63) is 56.3 Å². The van der Waals surface area contributed by atoms with Gasteiger partial charge >= 0.3 is 5.97 Å². The molecule has 0 bridgehead atoms. The second-order valence-corrected chi connectivity index (χ2v) is 4.83. The largest absolute Gasteiger partial charge is 0.465 e. The Labute approximate surface area is 123 Å². The van der Waals surface area contributed by atoms with Crippen molar-refractivity contribution in [1.82, 2.24) is 0 Å². The second-order valence-electron chi connectivity index (χ2n) is 3.92. The van der Waals surface area contributed by atoms with Crippen molar-refractivity contribution in [3.8, 4) is 0 Å². The Morgan fingerprint density at radius 3 is 2.76 bits per heavy atom. The first-order valence-electron chi connectivity index (χ1n) is 5.74. The number of nitro groups is 1. The maximum Gasteiger partial charge on any atom is 0.350 e. The summed E-state index contributed by atoms with van der Waals surface area (Å²) in [7, 11) is 1.24. The van der Waals surface area contributed by atoms with E-state index in [4.69, 9.17) is 0 Å². The molecule has 0 unspecified atom stereocenters. The number of esters is 1. The third-order valence-corrected chi connectivity index (χ3v) is 3.50. The van der Waals surface area contributed by atoms with Crippen molar-refractivity contribution in [2.75, 3.05) is 12.4 Å². The molecule has 21 heavy (non-hydrogen) atoms. The number of ether oxygens (including phenoxy) is 1. The number of anilines is 1. The molecule has 1 heterocycles. The first-order chi connectivity index (χ1) is 10.0. The van der Waals surface area contributed by atoms with E-state index in [1.807, 2.05) is 0 Å². The molecule has 2 aromatic rings. The Balaban J connectivity index is 2.23. The summed E-state index contributed by atoms with van der Waals surface area (Å²) in [4.78, 5) is 33.9. The van der Waals surface area contributed by atoms with E-state index in [0.717, 1.165) is 11.3 Å². The van der Waals surface area contributed by atoms with Gasteiger partial charge in [0.25, 0.3) is 11.6 Å². The molecule has 7 nitrogen and oxygen atoms in total. The van der Waals surface area contributed by atoms with E-state index in [9.17, 15) is 19.7 Å². The number of benzene rings is 1. The first kappa shape index (κ1) is 14.7. The van der Waals surface area contributed by atoms with Crippen molar-refractivity contribution in [3.63, 3.8) is 0 Å². The van der Waals surface area contributed by atoms with Crippen LogP contribution in [0, 0.1) is 10.1 Å². The van der Waals surface area contributed by atoms with E-state index in [2.05, 4.69) is 10.1 Å². The number of carbonyl (C=O) groups excluding carboxylic acids is 2. The number of nitrogens with zero attached hydrogens (tertiary/aromatic N) is 1. The van der Waals surface area contributed by atoms with E-state index < -0.39 is 16.8 Å². The van der Waals surface area contributed by atoms with Gasteiger partial charge in [-0.05, 0) is 17.5 Å². The molecular formula is C13H10N2O5S. The van der Waals surface area contributed by atoms with Gasteiger partial charge in [-0.1, -0.05) is 6.07 Å². The molecule has 0 aliphatic heterocycles. The number of rotatable bonds is 4. The fraction of sp³-hybridized carbons (Fsp3) is 0.0769. The van der Waals surface area contributed by atoms with E-state index in [1.165, 1.54) is 31.4 Å². The number of hydrogen-bond acceptors (Lipinski definition) is 6. The molecule has 8 heteroatoms. The highest BCUT2D eigenvalue weighted by Crippen LogP contribution is 2.24. The van der Waals surface area contributed by atoms with Crippen LogP contribution in [-0.4, -0.2) is 23.9 Å². The lowest BCUT2D eigenvalue weighted by Gasteiger charge is -2.05. The lowest BCUT2D eigenvalue weighted by Crippen LogP contribution is -2.14. The quantitative estimate of drug-likeness (QED) is 0.532. The zero-order chi connectivity index (χ0) is 15.4. The summed E-state index contributed by atoms with van der Waals surface area (Å²) in [5.41, 5.74) is 0.260. The summed E-state index contributed by atoms with van der Waals surface area (Å²) in [6.45, 7) is 0. The SMILES string of the molecule is COC(=O)c1sccc1NC(=O)c1cccc([N+](=O)[O-])c1. The van der Waals surface area contributed by atoms with Gasteiger partial charge in [-0.15, -0.1) is 11.3 Å². The van der Waals surface area contributed by atoms with Gasteiger partial charge < -0.3 is 10.1 Å². The monoisotopic (exact) mass is 306 g/mol. The van der Waals surface area contributed by atoms with E-state index >= 15 is 0 Å². The van der Waals surface area contributed by atoms with Crippen LogP contribution in [0.15, 0.2) is 35.7 Å². The van der Waals surface area contributed by atoms with Gasteiger partial charge in [-0.3, -0.25) is 14.9 Å². The number of nitrogens with one attached hydrogen (secondary N) is 1. The highest BCUT2D eigenvalue weighted by molar-refractivity contribution is 7.12. The third kappa shape index (κ3) is 3.23. The van der Waals surface area contributed by atoms with Gasteiger partial charge in [0.05, 0.1) is 17.7 Å². The van der Waals surface area contributed by atoms with Crippen LogP contribution >= 0.6 is 11.3 Å². The minimum absolute atomic E-state index is 0.131. The number of methoxy groups -OCH3 is 1. The van der Waals surface area contributed by atoms with Gasteiger partial charge in [0.15, 0.2) is 0 Å². The summed E-state index contributed by atoms with van der Waals surface area (Å²) in [5, 5.41) is 14.9. The van der Waals surface area contributed by atoms with E-state index in [1.54, 1.807) is 11.4 Å². The average molecular weight is 306 g/mol. The third-order valence-electron chi connectivity index (χ3n) is 2.60. The van der Waals surface area contributed by atoms with Crippen molar-refractivity contribution in [2.45, 2.75) is 0 Å². The Bertz CT molecular complexity index is 710. The van der Waals surface area contributed by atoms with Crippen LogP contribution in [0.3, 0.4) is 0 Å². The molecule has 0 atom stereocenters. The lowest BCUT2D eigenvalue weighted by molar-refractivity contribution is -0.384. The second kappa shape index (κ2) is 6.14. The average Bonchev–Trinajstić information content (AvgIpc) is 2.94. The van der Waals surface area contributed by atoms with Crippen molar-refractivity contribution in [1.29, 1.82) is 0 Å². The lowest BCUT2D eigenvalue weighted by atomic mass is 10.2. The minimum Gasteiger partial charge on any atom is -0.465 e. The van der Waals surface area contributed by atoms with Gasteiger partial charge in [-0.2, -0.15) is 0 Å². The summed E-state index contributed by atoms with van der Waals surface area (Å²) in [5.74, 6) is -1.10.